The third-order valence-corrected chi connectivity index (χ3v) is 4.57. The molecule has 0 radical (unpaired) electrons. The van der Waals surface area contributed by atoms with E-state index in [1.807, 2.05) is 24.3 Å². The van der Waals surface area contributed by atoms with Crippen LogP contribution < -0.4 is 9.47 Å². The Morgan fingerprint density at radius 1 is 1.07 bits per heavy atom. The van der Waals surface area contributed by atoms with Gasteiger partial charge in [-0.25, -0.2) is 4.98 Å². The molecular weight excluding hydrogens is 340 g/mol. The maximum Gasteiger partial charge on any atom is 0.161 e. The largest absolute Gasteiger partial charge is 0.493 e. The average molecular weight is 364 g/mol. The molecule has 0 saturated carbocycles. The van der Waals surface area contributed by atoms with Crippen molar-refractivity contribution in [3.8, 4) is 11.5 Å². The Balaban J connectivity index is 1.68. The Kier molecular flexibility index (Phi) is 5.94. The highest BCUT2D eigenvalue weighted by Gasteiger charge is 2.10. The Hall–Kier alpha value is -3.05. The molecule has 0 aliphatic rings. The smallest absolute Gasteiger partial charge is 0.161 e. The van der Waals surface area contributed by atoms with E-state index in [2.05, 4.69) is 35.6 Å². The van der Waals surface area contributed by atoms with Gasteiger partial charge in [0.15, 0.2) is 11.5 Å². The third kappa shape index (κ3) is 4.20. The molecule has 0 unspecified atom stereocenters. The molecule has 1 N–H and O–H groups in total. The summed E-state index contributed by atoms with van der Waals surface area (Å²) in [6, 6.07) is 12.0. The Bertz CT molecular complexity index is 917. The van der Waals surface area contributed by atoms with Gasteiger partial charge in [0.05, 0.1) is 45.7 Å². The summed E-state index contributed by atoms with van der Waals surface area (Å²) in [5.74, 6) is 1.41. The van der Waals surface area contributed by atoms with Crippen molar-refractivity contribution < 1.29 is 14.2 Å². The van der Waals surface area contributed by atoms with Crippen LogP contribution in [0, 0.1) is 6.92 Å². The number of hydrogen-bond donors (Lipinski definition) is 1. The Labute approximate surface area is 159 Å². The van der Waals surface area contributed by atoms with E-state index in [-0.39, 0.29) is 0 Å². The van der Waals surface area contributed by atoms with Crippen LogP contribution in [0.2, 0.25) is 0 Å². The van der Waals surface area contributed by atoms with Crippen LogP contribution >= 0.6 is 0 Å². The van der Waals surface area contributed by atoms with E-state index in [0.717, 1.165) is 33.5 Å². The molecule has 0 fully saturated rings. The van der Waals surface area contributed by atoms with Crippen LogP contribution in [-0.2, 0) is 18.0 Å². The van der Waals surface area contributed by atoms with Crippen molar-refractivity contribution in [3.63, 3.8) is 0 Å². The van der Waals surface area contributed by atoms with Crippen molar-refractivity contribution in [2.24, 2.45) is 0 Å². The molecule has 5 heteroatoms. The quantitative estimate of drug-likeness (QED) is 0.639. The zero-order valence-electron chi connectivity index (χ0n) is 15.9. The van der Waals surface area contributed by atoms with E-state index >= 15 is 0 Å². The van der Waals surface area contributed by atoms with Gasteiger partial charge >= 0.3 is 0 Å². The van der Waals surface area contributed by atoms with Crippen LogP contribution in [0.3, 0.4) is 0 Å². The van der Waals surface area contributed by atoms with Crippen molar-refractivity contribution in [1.29, 1.82) is 0 Å². The summed E-state index contributed by atoms with van der Waals surface area (Å²) in [4.78, 5) is 7.17. The number of ether oxygens (including phenoxy) is 3. The van der Waals surface area contributed by atoms with E-state index in [1.54, 1.807) is 26.7 Å². The van der Waals surface area contributed by atoms with Gasteiger partial charge in [-0.3, -0.25) is 0 Å². The predicted molar refractivity (Wildman–Crippen MR) is 106 cm³/mol. The lowest BCUT2D eigenvalue weighted by Crippen LogP contribution is -2.00. The van der Waals surface area contributed by atoms with Gasteiger partial charge < -0.3 is 19.2 Å². The first kappa shape index (κ1) is 18.7. The fraction of sp³-hybridized carbons (Fsp3) is 0.227. The van der Waals surface area contributed by atoms with Crippen molar-refractivity contribution in [2.75, 3.05) is 14.2 Å². The second-order valence-electron chi connectivity index (χ2n) is 6.22. The minimum atomic E-state index is 0.492. The highest BCUT2D eigenvalue weighted by molar-refractivity contribution is 5.78. The van der Waals surface area contributed by atoms with Crippen LogP contribution in [0.5, 0.6) is 11.5 Å². The SMILES string of the molecule is C=C(c1cnc[nH]1)c1cccc(COCc2ccc(OC)c(OC)c2)c1C. The molecule has 1 aromatic heterocycles. The standard InChI is InChI=1S/C22H24N2O3/c1-15-18(6-5-7-19(15)16(2)20-11-23-14-24-20)13-27-12-17-8-9-21(25-3)22(10-17)26-4/h5-11,14H,2,12-13H2,1,3-4H3,(H,23,24). The number of methoxy groups -OCH3 is 2. The van der Waals surface area contributed by atoms with Crippen molar-refractivity contribution in [3.05, 3.63) is 83.4 Å². The first-order valence-electron chi connectivity index (χ1n) is 8.69. The number of nitrogens with zero attached hydrogens (tertiary/aromatic N) is 1. The molecule has 0 saturated heterocycles. The average Bonchev–Trinajstić information content (AvgIpc) is 3.23. The third-order valence-electron chi connectivity index (χ3n) is 4.57. The van der Waals surface area contributed by atoms with Gasteiger partial charge in [0, 0.05) is 0 Å². The maximum atomic E-state index is 5.94. The number of H-pyrrole nitrogens is 1. The molecule has 3 rings (SSSR count). The minimum Gasteiger partial charge on any atom is -0.493 e. The second-order valence-corrected chi connectivity index (χ2v) is 6.22. The summed E-state index contributed by atoms with van der Waals surface area (Å²) < 4.78 is 16.5. The van der Waals surface area contributed by atoms with Crippen LogP contribution in [0.25, 0.3) is 5.57 Å². The van der Waals surface area contributed by atoms with Crippen molar-refractivity contribution >= 4 is 5.57 Å². The molecule has 0 bridgehead atoms. The molecule has 2 aromatic carbocycles. The zero-order chi connectivity index (χ0) is 19.2. The molecule has 0 amide bonds. The van der Waals surface area contributed by atoms with E-state index < -0.39 is 0 Å². The molecule has 0 atom stereocenters. The predicted octanol–water partition coefficient (Wildman–Crippen LogP) is 4.51. The first-order chi connectivity index (χ1) is 13.1. The maximum absolute atomic E-state index is 5.94. The van der Waals surface area contributed by atoms with Gasteiger partial charge in [0.2, 0.25) is 0 Å². The van der Waals surface area contributed by atoms with Gasteiger partial charge in [-0.2, -0.15) is 0 Å². The van der Waals surface area contributed by atoms with E-state index in [4.69, 9.17) is 14.2 Å². The lowest BCUT2D eigenvalue weighted by atomic mass is 9.96. The van der Waals surface area contributed by atoms with Gasteiger partial charge in [-0.1, -0.05) is 30.8 Å². The molecular formula is C22H24N2O3. The lowest BCUT2D eigenvalue weighted by molar-refractivity contribution is 0.106. The number of rotatable bonds is 8. The summed E-state index contributed by atoms with van der Waals surface area (Å²) in [7, 11) is 3.25. The van der Waals surface area contributed by atoms with Crippen LogP contribution in [-0.4, -0.2) is 24.2 Å². The summed E-state index contributed by atoms with van der Waals surface area (Å²) in [6.45, 7) is 7.29. The lowest BCUT2D eigenvalue weighted by Gasteiger charge is -2.14. The normalized spacial score (nSPS) is 10.6. The topological polar surface area (TPSA) is 56.4 Å². The first-order valence-corrected chi connectivity index (χ1v) is 8.69. The molecule has 0 aliphatic heterocycles. The van der Waals surface area contributed by atoms with E-state index in [1.165, 1.54) is 0 Å². The van der Waals surface area contributed by atoms with Crippen molar-refractivity contribution in [2.45, 2.75) is 20.1 Å². The van der Waals surface area contributed by atoms with E-state index in [9.17, 15) is 0 Å². The van der Waals surface area contributed by atoms with Gasteiger partial charge in [0.25, 0.3) is 0 Å². The van der Waals surface area contributed by atoms with Gasteiger partial charge in [-0.15, -0.1) is 0 Å². The zero-order valence-corrected chi connectivity index (χ0v) is 15.9. The van der Waals surface area contributed by atoms with Crippen LogP contribution in [0.15, 0.2) is 55.5 Å². The summed E-state index contributed by atoms with van der Waals surface area (Å²) in [6.07, 6.45) is 3.44. The molecule has 140 valence electrons. The van der Waals surface area contributed by atoms with Gasteiger partial charge in [0.1, 0.15) is 0 Å². The summed E-state index contributed by atoms with van der Waals surface area (Å²) in [5.41, 5.74) is 6.25. The van der Waals surface area contributed by atoms with Gasteiger partial charge in [-0.05, 0) is 46.9 Å². The fourth-order valence-electron chi connectivity index (χ4n) is 2.98. The molecule has 3 aromatic rings. The fourth-order valence-corrected chi connectivity index (χ4v) is 2.98. The molecule has 0 spiro atoms. The Morgan fingerprint density at radius 2 is 1.89 bits per heavy atom. The molecule has 5 nitrogen and oxygen atoms in total. The molecule has 0 aliphatic carbocycles. The second kappa shape index (κ2) is 8.56. The minimum absolute atomic E-state index is 0.492. The number of aromatic amines is 1. The number of benzene rings is 2. The summed E-state index contributed by atoms with van der Waals surface area (Å²) in [5, 5.41) is 0. The number of hydrogen-bond acceptors (Lipinski definition) is 4. The van der Waals surface area contributed by atoms with Crippen molar-refractivity contribution in [1.82, 2.24) is 9.97 Å². The van der Waals surface area contributed by atoms with E-state index in [0.29, 0.717) is 24.7 Å². The number of nitrogens with one attached hydrogen (secondary N) is 1. The number of imidazole rings is 1. The Morgan fingerprint density at radius 3 is 2.59 bits per heavy atom. The van der Waals surface area contributed by atoms with Crippen LogP contribution in [0.1, 0.15) is 27.9 Å². The molecule has 1 heterocycles. The van der Waals surface area contributed by atoms with Crippen LogP contribution in [0.4, 0.5) is 0 Å². The number of aromatic nitrogens is 2. The summed E-state index contributed by atoms with van der Waals surface area (Å²) >= 11 is 0. The highest BCUT2D eigenvalue weighted by atomic mass is 16.5. The highest BCUT2D eigenvalue weighted by Crippen LogP contribution is 2.28. The monoisotopic (exact) mass is 364 g/mol. The molecule has 27 heavy (non-hydrogen) atoms.